The summed E-state index contributed by atoms with van der Waals surface area (Å²) in [5.74, 6) is 1.84. The van der Waals surface area contributed by atoms with Gasteiger partial charge in [0, 0.05) is 44.9 Å². The Hall–Kier alpha value is -2.81. The number of nitrogens with one attached hydrogen (secondary N) is 1. The molecule has 8 nitrogen and oxygen atoms in total. The fraction of sp³-hybridized carbons (Fsp3) is 0.448. The van der Waals surface area contributed by atoms with Crippen molar-refractivity contribution in [1.82, 2.24) is 20.1 Å². The maximum atomic E-state index is 13.4. The number of ether oxygens (including phenoxy) is 1. The molecule has 1 amide bonds. The molecule has 3 aromatic rings. The molecule has 1 aliphatic rings. The summed E-state index contributed by atoms with van der Waals surface area (Å²) < 4.78 is 9.33. The number of methoxy groups -OCH3 is 1. The van der Waals surface area contributed by atoms with Crippen molar-refractivity contribution in [3.63, 3.8) is 0 Å². The van der Waals surface area contributed by atoms with Gasteiger partial charge in [0.05, 0.1) is 18.2 Å². The largest absolute Gasteiger partial charge is 0.384 e. The summed E-state index contributed by atoms with van der Waals surface area (Å²) in [5, 5.41) is 16.3. The Bertz CT molecular complexity index is 1200. The molecule has 0 atom stereocenters. The number of amides is 1. The van der Waals surface area contributed by atoms with E-state index in [-0.39, 0.29) is 5.91 Å². The molecule has 2 heterocycles. The third-order valence-corrected chi connectivity index (χ3v) is 6.41. The molecule has 0 aliphatic carbocycles. The van der Waals surface area contributed by atoms with E-state index in [1.165, 1.54) is 5.56 Å². The van der Waals surface area contributed by atoms with Crippen LogP contribution >= 0.6 is 23.0 Å². The molecule has 0 radical (unpaired) electrons. The highest BCUT2D eigenvalue weighted by atomic mass is 127. The van der Waals surface area contributed by atoms with Gasteiger partial charge < -0.3 is 12.7 Å². The summed E-state index contributed by atoms with van der Waals surface area (Å²) in [4.78, 5) is 19.9. The van der Waals surface area contributed by atoms with E-state index >= 15 is 0 Å². The van der Waals surface area contributed by atoms with Crippen molar-refractivity contribution in [2.24, 2.45) is 0 Å². The van der Waals surface area contributed by atoms with Gasteiger partial charge >= 0.3 is 0 Å². The van der Waals surface area contributed by atoms with E-state index in [2.05, 4.69) is 24.3 Å². The first-order chi connectivity index (χ1) is 18.4. The second-order valence-corrected chi connectivity index (χ2v) is 9.67. The van der Waals surface area contributed by atoms with Crippen LogP contribution in [0.3, 0.4) is 0 Å². The lowest BCUT2D eigenvalue weighted by molar-refractivity contribution is 0.0712. The van der Waals surface area contributed by atoms with Crippen LogP contribution in [0.15, 0.2) is 36.4 Å². The van der Waals surface area contributed by atoms with Crippen LogP contribution in [-0.4, -0.2) is 59.9 Å². The highest BCUT2D eigenvalue weighted by Gasteiger charge is 2.26. The van der Waals surface area contributed by atoms with Crippen molar-refractivity contribution >= 4 is 28.9 Å². The second-order valence-electron chi connectivity index (χ2n) is 8.79. The number of nitriles is 1. The number of nitrogens with zero attached hydrogens (tertiary/aromatic N) is 4. The average molecular weight is 632 g/mol. The summed E-state index contributed by atoms with van der Waals surface area (Å²) in [6.07, 6.45) is 2.49. The lowest BCUT2D eigenvalue weighted by Gasteiger charge is -2.32. The number of likely N-dealkylation sites (tertiary alicyclic amines) is 1. The minimum absolute atomic E-state index is 0.0576. The van der Waals surface area contributed by atoms with E-state index in [1.54, 1.807) is 37.2 Å². The van der Waals surface area contributed by atoms with Crippen LogP contribution in [0.25, 0.3) is 11.4 Å². The number of benzene rings is 2. The summed E-state index contributed by atoms with van der Waals surface area (Å²) in [6, 6.07) is 13.9. The zero-order valence-corrected chi connectivity index (χ0v) is 25.3. The highest BCUT2D eigenvalue weighted by molar-refractivity contribution is 14.1. The first-order valence-electron chi connectivity index (χ1n) is 12.9. The third kappa shape index (κ3) is 8.35. The molecule has 2 aromatic carbocycles. The predicted octanol–water partition coefficient (Wildman–Crippen LogP) is 6.18. The Morgan fingerprint density at radius 2 is 1.76 bits per heavy atom. The summed E-state index contributed by atoms with van der Waals surface area (Å²) in [5.41, 5.74) is 5.50. The first kappa shape index (κ1) is 31.4. The van der Waals surface area contributed by atoms with Gasteiger partial charge in [-0.25, -0.2) is 4.98 Å². The Morgan fingerprint density at radius 1 is 1.13 bits per heavy atom. The average Bonchev–Trinajstić information content (AvgIpc) is 3.42. The van der Waals surface area contributed by atoms with Crippen molar-refractivity contribution < 1.29 is 12.6 Å². The Balaban J connectivity index is 0.000000947. The van der Waals surface area contributed by atoms with E-state index < -0.39 is 0 Å². The number of carbonyl (C=O) groups is 1. The molecule has 1 aliphatic heterocycles. The zero-order chi connectivity index (χ0) is 28.1. The number of aromatic nitrogens is 3. The van der Waals surface area contributed by atoms with Crippen molar-refractivity contribution in [2.75, 3.05) is 33.9 Å². The van der Waals surface area contributed by atoms with E-state index in [1.807, 2.05) is 69.0 Å². The zero-order valence-electron chi connectivity index (χ0n) is 23.2. The van der Waals surface area contributed by atoms with E-state index in [0.29, 0.717) is 49.0 Å². The molecular weight excluding hydrogens is 593 g/mol. The van der Waals surface area contributed by atoms with E-state index in [0.717, 1.165) is 35.4 Å². The molecule has 1 saturated heterocycles. The minimum Gasteiger partial charge on any atom is -0.384 e. The lowest BCUT2D eigenvalue weighted by atomic mass is 9.88. The van der Waals surface area contributed by atoms with Gasteiger partial charge in [0.2, 0.25) is 0 Å². The number of carbonyl (C=O) groups excluding carboxylic acids is 1. The van der Waals surface area contributed by atoms with E-state index in [4.69, 9.17) is 10.00 Å². The number of hydrogen-bond donors (Lipinski definition) is 1. The maximum absolute atomic E-state index is 13.4. The maximum Gasteiger partial charge on any atom is 0.254 e. The number of rotatable bonds is 6. The molecule has 204 valence electrons. The molecule has 1 fully saturated rings. The Labute approximate surface area is 240 Å². The Kier molecular flexibility index (Phi) is 13.4. The standard InChI is InChI=1S/C26H29N5O2.C2H6.CH3IO/c1-17-14-18(2)23(15-22(17)25-28-24(29-30-25)10-13-33-3)26(32)31-11-8-21(9-12-31)20-6-4-19(16-27)5-7-20;1-2;1-3-2/h4-7,14-15,21H,8-13H2,1-3H3,(H,28,29,30);1-2H3;1H3. The molecule has 38 heavy (non-hydrogen) atoms. The topological polar surface area (TPSA) is 104 Å². The second kappa shape index (κ2) is 16.2. The van der Waals surface area contributed by atoms with Crippen LogP contribution in [0.4, 0.5) is 0 Å². The van der Waals surface area contributed by atoms with Gasteiger partial charge in [0.25, 0.3) is 5.91 Å². The fourth-order valence-corrected chi connectivity index (χ4v) is 4.47. The molecular formula is C29H38IN5O3. The number of halogens is 1. The van der Waals surface area contributed by atoms with Crippen molar-refractivity contribution in [3.8, 4) is 17.5 Å². The van der Waals surface area contributed by atoms with Crippen LogP contribution in [0.5, 0.6) is 0 Å². The van der Waals surface area contributed by atoms with Crippen LogP contribution in [0, 0.1) is 25.2 Å². The predicted molar refractivity (Wildman–Crippen MR) is 158 cm³/mol. The summed E-state index contributed by atoms with van der Waals surface area (Å²) in [7, 11) is 3.27. The van der Waals surface area contributed by atoms with Gasteiger partial charge in [-0.2, -0.15) is 10.4 Å². The third-order valence-electron chi connectivity index (χ3n) is 6.41. The van der Waals surface area contributed by atoms with Crippen LogP contribution in [0.1, 0.15) is 71.0 Å². The summed E-state index contributed by atoms with van der Waals surface area (Å²) in [6.45, 7) is 10.0. The summed E-state index contributed by atoms with van der Waals surface area (Å²) >= 11 is 1.79. The normalized spacial score (nSPS) is 13.1. The van der Waals surface area contributed by atoms with Gasteiger partial charge in [-0.3, -0.25) is 9.89 Å². The molecule has 9 heteroatoms. The van der Waals surface area contributed by atoms with Crippen molar-refractivity contribution in [3.05, 3.63) is 70.0 Å². The monoisotopic (exact) mass is 631 g/mol. The van der Waals surface area contributed by atoms with Gasteiger partial charge in [-0.15, -0.1) is 0 Å². The SMILES string of the molecule is CC.COCCc1nc(-c2cc(C(=O)N3CCC(c4ccc(C#N)cc4)CC3)c(C)cc2C)n[nH]1.COI. The molecule has 1 aromatic heterocycles. The lowest BCUT2D eigenvalue weighted by Crippen LogP contribution is -2.38. The number of aryl methyl sites for hydroxylation is 2. The van der Waals surface area contributed by atoms with Gasteiger partial charge in [-0.1, -0.05) is 32.0 Å². The van der Waals surface area contributed by atoms with Gasteiger partial charge in [0.1, 0.15) is 28.8 Å². The van der Waals surface area contributed by atoms with Crippen LogP contribution in [0.2, 0.25) is 0 Å². The number of hydrogen-bond acceptors (Lipinski definition) is 6. The highest BCUT2D eigenvalue weighted by Crippen LogP contribution is 2.30. The number of piperidine rings is 1. The Morgan fingerprint density at radius 3 is 2.34 bits per heavy atom. The number of aromatic amines is 1. The number of H-pyrrole nitrogens is 1. The van der Waals surface area contributed by atoms with Crippen molar-refractivity contribution in [1.29, 1.82) is 5.26 Å². The minimum atomic E-state index is 0.0576. The molecule has 0 spiro atoms. The smallest absolute Gasteiger partial charge is 0.254 e. The van der Waals surface area contributed by atoms with Crippen LogP contribution in [-0.2, 0) is 14.2 Å². The van der Waals surface area contributed by atoms with Gasteiger partial charge in [0.15, 0.2) is 5.82 Å². The molecule has 4 rings (SSSR count). The van der Waals surface area contributed by atoms with Gasteiger partial charge in [-0.05, 0) is 67.5 Å². The molecule has 0 saturated carbocycles. The molecule has 1 N–H and O–H groups in total. The van der Waals surface area contributed by atoms with E-state index in [9.17, 15) is 4.79 Å². The molecule has 0 bridgehead atoms. The van der Waals surface area contributed by atoms with Crippen molar-refractivity contribution in [2.45, 2.75) is 52.9 Å². The quantitative estimate of drug-likeness (QED) is 0.326. The molecule has 0 unspecified atom stereocenters. The van der Waals surface area contributed by atoms with Crippen LogP contribution < -0.4 is 0 Å². The first-order valence-corrected chi connectivity index (χ1v) is 13.8. The fourth-order valence-electron chi connectivity index (χ4n) is 4.47.